The normalized spacial score (nSPS) is 15.9. The minimum absolute atomic E-state index is 0.226. The number of aryl methyl sites for hydroxylation is 1. The zero-order valence-electron chi connectivity index (χ0n) is 14.1. The second kappa shape index (κ2) is 6.57. The summed E-state index contributed by atoms with van der Waals surface area (Å²) in [7, 11) is 0. The monoisotopic (exact) mass is 305 g/mol. The molecule has 0 saturated carbocycles. The molecule has 1 aromatic carbocycles. The van der Waals surface area contributed by atoms with E-state index in [4.69, 9.17) is 10.5 Å². The number of ether oxygens (including phenoxy) is 1. The van der Waals surface area contributed by atoms with Crippen LogP contribution in [0.2, 0.25) is 0 Å². The quantitative estimate of drug-likeness (QED) is 0.912. The number of amides is 1. The summed E-state index contributed by atoms with van der Waals surface area (Å²) in [5.41, 5.74) is 8.95. The molecule has 0 aliphatic carbocycles. The predicted molar refractivity (Wildman–Crippen MR) is 89.1 cm³/mol. The van der Waals surface area contributed by atoms with Crippen molar-refractivity contribution >= 4 is 11.8 Å². The molecule has 22 heavy (non-hydrogen) atoms. The number of hydrogen-bond acceptors (Lipinski definition) is 4. The van der Waals surface area contributed by atoms with Crippen LogP contribution in [-0.2, 0) is 11.3 Å². The fourth-order valence-corrected chi connectivity index (χ4v) is 2.60. The summed E-state index contributed by atoms with van der Waals surface area (Å²) in [6.07, 6.45) is -0.226. The van der Waals surface area contributed by atoms with Crippen molar-refractivity contribution in [3.05, 3.63) is 29.3 Å². The van der Waals surface area contributed by atoms with Gasteiger partial charge in [-0.15, -0.1) is 0 Å². The van der Waals surface area contributed by atoms with E-state index in [1.54, 1.807) is 4.90 Å². The summed E-state index contributed by atoms with van der Waals surface area (Å²) in [6.45, 7) is 11.2. The summed E-state index contributed by atoms with van der Waals surface area (Å²) < 4.78 is 5.43. The van der Waals surface area contributed by atoms with E-state index in [9.17, 15) is 4.79 Å². The maximum absolute atomic E-state index is 12.1. The van der Waals surface area contributed by atoms with Crippen LogP contribution >= 0.6 is 0 Å². The Labute approximate surface area is 133 Å². The van der Waals surface area contributed by atoms with Gasteiger partial charge in [0, 0.05) is 38.4 Å². The van der Waals surface area contributed by atoms with E-state index in [0.29, 0.717) is 19.6 Å². The Morgan fingerprint density at radius 2 is 1.86 bits per heavy atom. The highest BCUT2D eigenvalue weighted by atomic mass is 16.6. The summed E-state index contributed by atoms with van der Waals surface area (Å²) in [5, 5.41) is 0. The summed E-state index contributed by atoms with van der Waals surface area (Å²) in [6, 6.07) is 6.35. The first kappa shape index (κ1) is 16.6. The molecule has 1 amide bonds. The average molecular weight is 305 g/mol. The zero-order chi connectivity index (χ0) is 16.3. The van der Waals surface area contributed by atoms with Gasteiger partial charge < -0.3 is 20.3 Å². The fraction of sp³-hybridized carbons (Fsp3) is 0.588. The van der Waals surface area contributed by atoms with E-state index in [1.165, 1.54) is 11.3 Å². The molecule has 0 radical (unpaired) electrons. The summed E-state index contributed by atoms with van der Waals surface area (Å²) >= 11 is 0. The Balaban J connectivity index is 2.00. The third-order valence-corrected chi connectivity index (χ3v) is 3.73. The highest BCUT2D eigenvalue weighted by Crippen LogP contribution is 2.23. The fourth-order valence-electron chi connectivity index (χ4n) is 2.60. The first-order valence-corrected chi connectivity index (χ1v) is 7.82. The number of benzene rings is 1. The number of hydrogen-bond donors (Lipinski definition) is 1. The minimum atomic E-state index is -0.447. The van der Waals surface area contributed by atoms with Gasteiger partial charge in [-0.05, 0) is 44.9 Å². The maximum atomic E-state index is 12.1. The smallest absolute Gasteiger partial charge is 0.410 e. The van der Waals surface area contributed by atoms with Gasteiger partial charge in [0.15, 0.2) is 0 Å². The topological polar surface area (TPSA) is 58.8 Å². The largest absolute Gasteiger partial charge is 0.444 e. The highest BCUT2D eigenvalue weighted by Gasteiger charge is 2.26. The number of nitrogens with zero attached hydrogens (tertiary/aromatic N) is 2. The van der Waals surface area contributed by atoms with Gasteiger partial charge in [0.25, 0.3) is 0 Å². The number of anilines is 1. The Morgan fingerprint density at radius 1 is 1.23 bits per heavy atom. The molecule has 5 nitrogen and oxygen atoms in total. The summed E-state index contributed by atoms with van der Waals surface area (Å²) in [4.78, 5) is 16.2. The van der Waals surface area contributed by atoms with E-state index in [2.05, 4.69) is 30.0 Å². The molecular weight excluding hydrogens is 278 g/mol. The maximum Gasteiger partial charge on any atom is 0.410 e. The molecule has 0 aromatic heterocycles. The number of nitrogens with two attached hydrogens (primary N) is 1. The number of rotatable bonds is 2. The second-order valence-corrected chi connectivity index (χ2v) is 6.79. The molecule has 1 aromatic rings. The molecule has 0 spiro atoms. The van der Waals surface area contributed by atoms with Crippen molar-refractivity contribution < 1.29 is 9.53 Å². The lowest BCUT2D eigenvalue weighted by Gasteiger charge is -2.37. The van der Waals surface area contributed by atoms with Crippen molar-refractivity contribution in [1.29, 1.82) is 0 Å². The van der Waals surface area contributed by atoms with Crippen LogP contribution in [0.4, 0.5) is 10.5 Å². The molecule has 2 rings (SSSR count). The molecule has 1 saturated heterocycles. The van der Waals surface area contributed by atoms with Gasteiger partial charge >= 0.3 is 6.09 Å². The molecule has 5 heteroatoms. The molecule has 1 aliphatic heterocycles. The SMILES string of the molecule is Cc1ccc(CN)c(N2CCN(C(=O)OC(C)(C)C)CC2)c1. The lowest BCUT2D eigenvalue weighted by Crippen LogP contribution is -2.50. The van der Waals surface area contributed by atoms with Crippen LogP contribution in [-0.4, -0.2) is 42.8 Å². The van der Waals surface area contributed by atoms with Gasteiger partial charge in [-0.1, -0.05) is 12.1 Å². The third kappa shape index (κ3) is 4.13. The lowest BCUT2D eigenvalue weighted by atomic mass is 10.1. The van der Waals surface area contributed by atoms with Gasteiger partial charge in [0.1, 0.15) is 5.60 Å². The molecule has 2 N–H and O–H groups in total. The first-order chi connectivity index (χ1) is 10.3. The molecule has 0 atom stereocenters. The van der Waals surface area contributed by atoms with Crippen molar-refractivity contribution in [1.82, 2.24) is 4.90 Å². The van der Waals surface area contributed by atoms with Crippen LogP contribution in [0.5, 0.6) is 0 Å². The van der Waals surface area contributed by atoms with Gasteiger partial charge in [-0.2, -0.15) is 0 Å². The number of piperazine rings is 1. The van der Waals surface area contributed by atoms with Crippen LogP contribution in [0.3, 0.4) is 0 Å². The van der Waals surface area contributed by atoms with E-state index < -0.39 is 5.60 Å². The van der Waals surface area contributed by atoms with Crippen LogP contribution in [0, 0.1) is 6.92 Å². The van der Waals surface area contributed by atoms with Gasteiger partial charge in [0.05, 0.1) is 0 Å². The Hall–Kier alpha value is -1.75. The summed E-state index contributed by atoms with van der Waals surface area (Å²) in [5.74, 6) is 0. The van der Waals surface area contributed by atoms with Crippen molar-refractivity contribution in [2.75, 3.05) is 31.1 Å². The van der Waals surface area contributed by atoms with Gasteiger partial charge in [-0.25, -0.2) is 4.79 Å². The van der Waals surface area contributed by atoms with E-state index in [-0.39, 0.29) is 6.09 Å². The average Bonchev–Trinajstić information content (AvgIpc) is 2.45. The van der Waals surface area contributed by atoms with Crippen molar-refractivity contribution in [2.45, 2.75) is 39.8 Å². The lowest BCUT2D eigenvalue weighted by molar-refractivity contribution is 0.0240. The first-order valence-electron chi connectivity index (χ1n) is 7.82. The number of carbonyl (C=O) groups is 1. The van der Waals surface area contributed by atoms with E-state index in [1.807, 2.05) is 20.8 Å². The van der Waals surface area contributed by atoms with Crippen LogP contribution in [0.15, 0.2) is 18.2 Å². The second-order valence-electron chi connectivity index (χ2n) is 6.79. The van der Waals surface area contributed by atoms with Crippen molar-refractivity contribution in [3.8, 4) is 0 Å². The van der Waals surface area contributed by atoms with Crippen LogP contribution < -0.4 is 10.6 Å². The van der Waals surface area contributed by atoms with E-state index in [0.717, 1.165) is 18.7 Å². The third-order valence-electron chi connectivity index (χ3n) is 3.73. The highest BCUT2D eigenvalue weighted by molar-refractivity contribution is 5.69. The molecule has 1 heterocycles. The standard InChI is InChI=1S/C17H27N3O2/c1-13-5-6-14(12-18)15(11-13)19-7-9-20(10-8-19)16(21)22-17(2,3)4/h5-6,11H,7-10,12,18H2,1-4H3. The molecule has 0 bridgehead atoms. The number of carbonyl (C=O) groups excluding carboxylic acids is 1. The molecule has 122 valence electrons. The van der Waals surface area contributed by atoms with Crippen molar-refractivity contribution in [2.24, 2.45) is 5.73 Å². The van der Waals surface area contributed by atoms with Gasteiger partial charge in [0.2, 0.25) is 0 Å². The molecule has 0 unspecified atom stereocenters. The van der Waals surface area contributed by atoms with E-state index >= 15 is 0 Å². The molecular formula is C17H27N3O2. The van der Waals surface area contributed by atoms with Crippen LogP contribution in [0.1, 0.15) is 31.9 Å². The Morgan fingerprint density at radius 3 is 2.41 bits per heavy atom. The van der Waals surface area contributed by atoms with Crippen LogP contribution in [0.25, 0.3) is 0 Å². The Kier molecular flexibility index (Phi) is 4.96. The molecule has 1 aliphatic rings. The van der Waals surface area contributed by atoms with Crippen molar-refractivity contribution in [3.63, 3.8) is 0 Å². The minimum Gasteiger partial charge on any atom is -0.444 e. The molecule has 1 fully saturated rings. The van der Waals surface area contributed by atoms with Gasteiger partial charge in [-0.3, -0.25) is 0 Å². The Bertz CT molecular complexity index is 529. The predicted octanol–water partition coefficient (Wildman–Crippen LogP) is 2.51. The zero-order valence-corrected chi connectivity index (χ0v) is 14.1.